The molecule has 72 valence electrons. The summed E-state index contributed by atoms with van der Waals surface area (Å²) in [6, 6.07) is 5.99. The van der Waals surface area contributed by atoms with E-state index in [2.05, 4.69) is 28.2 Å². The maximum absolute atomic E-state index is 5.83. The van der Waals surface area contributed by atoms with E-state index in [9.17, 15) is 0 Å². The lowest BCUT2D eigenvalue weighted by Gasteiger charge is -2.06. The van der Waals surface area contributed by atoms with Crippen LogP contribution in [-0.2, 0) is 6.54 Å². The van der Waals surface area contributed by atoms with Gasteiger partial charge in [0.2, 0.25) is 0 Å². The SMILES string of the molecule is CCCNCc1ccc(Br)cc1N. The smallest absolute Gasteiger partial charge is 0.0370 e. The van der Waals surface area contributed by atoms with Crippen molar-refractivity contribution in [2.75, 3.05) is 12.3 Å². The second-order valence-electron chi connectivity index (χ2n) is 3.02. The third-order valence-corrected chi connectivity index (χ3v) is 2.34. The van der Waals surface area contributed by atoms with Gasteiger partial charge in [-0.1, -0.05) is 28.9 Å². The van der Waals surface area contributed by atoms with Gasteiger partial charge in [-0.2, -0.15) is 0 Å². The van der Waals surface area contributed by atoms with Crippen molar-refractivity contribution < 1.29 is 0 Å². The molecule has 0 radical (unpaired) electrons. The number of nitrogens with two attached hydrogens (primary N) is 1. The van der Waals surface area contributed by atoms with Crippen molar-refractivity contribution in [3.05, 3.63) is 28.2 Å². The highest BCUT2D eigenvalue weighted by Gasteiger charge is 1.98. The molecule has 0 aliphatic heterocycles. The highest BCUT2D eigenvalue weighted by Crippen LogP contribution is 2.18. The van der Waals surface area contributed by atoms with Crippen LogP contribution < -0.4 is 11.1 Å². The second kappa shape index (κ2) is 5.25. The Balaban J connectivity index is 2.56. The summed E-state index contributed by atoms with van der Waals surface area (Å²) < 4.78 is 1.03. The van der Waals surface area contributed by atoms with E-state index in [1.807, 2.05) is 18.2 Å². The molecule has 0 saturated heterocycles. The van der Waals surface area contributed by atoms with Crippen molar-refractivity contribution in [3.8, 4) is 0 Å². The lowest BCUT2D eigenvalue weighted by molar-refractivity contribution is 0.676. The average Bonchev–Trinajstić information content (AvgIpc) is 2.09. The molecular formula is C10H15BrN2. The molecule has 0 bridgehead atoms. The molecule has 1 rings (SSSR count). The summed E-state index contributed by atoms with van der Waals surface area (Å²) in [5.41, 5.74) is 7.84. The first-order valence-electron chi connectivity index (χ1n) is 4.48. The number of hydrogen-bond donors (Lipinski definition) is 2. The van der Waals surface area contributed by atoms with Gasteiger partial charge in [-0.15, -0.1) is 0 Å². The van der Waals surface area contributed by atoms with Gasteiger partial charge in [0.1, 0.15) is 0 Å². The average molecular weight is 243 g/mol. The van der Waals surface area contributed by atoms with Crippen LogP contribution in [-0.4, -0.2) is 6.54 Å². The molecule has 1 aromatic carbocycles. The van der Waals surface area contributed by atoms with Gasteiger partial charge in [-0.3, -0.25) is 0 Å². The predicted octanol–water partition coefficient (Wildman–Crippen LogP) is 2.53. The first kappa shape index (κ1) is 10.5. The third-order valence-electron chi connectivity index (χ3n) is 1.85. The maximum Gasteiger partial charge on any atom is 0.0370 e. The van der Waals surface area contributed by atoms with Gasteiger partial charge in [0.25, 0.3) is 0 Å². The van der Waals surface area contributed by atoms with E-state index in [4.69, 9.17) is 5.73 Å². The van der Waals surface area contributed by atoms with Crippen LogP contribution in [0.3, 0.4) is 0 Å². The molecule has 0 amide bonds. The van der Waals surface area contributed by atoms with Crippen LogP contribution in [0.15, 0.2) is 22.7 Å². The van der Waals surface area contributed by atoms with Crippen molar-refractivity contribution in [3.63, 3.8) is 0 Å². The monoisotopic (exact) mass is 242 g/mol. The molecule has 0 aliphatic rings. The summed E-state index contributed by atoms with van der Waals surface area (Å²) in [7, 11) is 0. The molecule has 0 aliphatic carbocycles. The van der Waals surface area contributed by atoms with Crippen LogP contribution in [0.2, 0.25) is 0 Å². The number of halogens is 1. The molecule has 13 heavy (non-hydrogen) atoms. The summed E-state index contributed by atoms with van der Waals surface area (Å²) in [5.74, 6) is 0. The molecule has 1 aromatic rings. The van der Waals surface area contributed by atoms with E-state index in [1.165, 1.54) is 0 Å². The number of nitrogens with one attached hydrogen (secondary N) is 1. The second-order valence-corrected chi connectivity index (χ2v) is 3.94. The molecule has 0 atom stereocenters. The van der Waals surface area contributed by atoms with Gasteiger partial charge in [-0.05, 0) is 30.7 Å². The van der Waals surface area contributed by atoms with Gasteiger partial charge in [0.05, 0.1) is 0 Å². The Kier molecular flexibility index (Phi) is 4.25. The van der Waals surface area contributed by atoms with Gasteiger partial charge in [0, 0.05) is 16.7 Å². The quantitative estimate of drug-likeness (QED) is 0.630. The Morgan fingerprint density at radius 2 is 2.23 bits per heavy atom. The lowest BCUT2D eigenvalue weighted by atomic mass is 10.2. The van der Waals surface area contributed by atoms with Crippen molar-refractivity contribution >= 4 is 21.6 Å². The molecule has 0 unspecified atom stereocenters. The number of benzene rings is 1. The Labute approximate surface area is 87.6 Å². The van der Waals surface area contributed by atoms with E-state index >= 15 is 0 Å². The van der Waals surface area contributed by atoms with Crippen LogP contribution in [0, 0.1) is 0 Å². The molecular weight excluding hydrogens is 228 g/mol. The van der Waals surface area contributed by atoms with Crippen molar-refractivity contribution in [2.45, 2.75) is 19.9 Å². The number of rotatable bonds is 4. The van der Waals surface area contributed by atoms with Gasteiger partial charge in [0.15, 0.2) is 0 Å². The molecule has 0 saturated carbocycles. The number of anilines is 1. The zero-order valence-corrected chi connectivity index (χ0v) is 9.39. The van der Waals surface area contributed by atoms with Crippen molar-refractivity contribution in [2.24, 2.45) is 0 Å². The van der Waals surface area contributed by atoms with Crippen molar-refractivity contribution in [1.82, 2.24) is 5.32 Å². The topological polar surface area (TPSA) is 38.0 Å². The van der Waals surface area contributed by atoms with E-state index in [-0.39, 0.29) is 0 Å². The summed E-state index contributed by atoms with van der Waals surface area (Å²) in [6.07, 6.45) is 1.15. The van der Waals surface area contributed by atoms with Gasteiger partial charge in [-0.25, -0.2) is 0 Å². The first-order valence-corrected chi connectivity index (χ1v) is 5.28. The van der Waals surface area contributed by atoms with E-state index in [1.54, 1.807) is 0 Å². The highest BCUT2D eigenvalue weighted by atomic mass is 79.9. The van der Waals surface area contributed by atoms with E-state index in [0.717, 1.165) is 35.2 Å². The van der Waals surface area contributed by atoms with Crippen LogP contribution in [0.5, 0.6) is 0 Å². The molecule has 0 spiro atoms. The fourth-order valence-corrected chi connectivity index (χ4v) is 1.51. The molecule has 3 heteroatoms. The Hall–Kier alpha value is -0.540. The van der Waals surface area contributed by atoms with Crippen LogP contribution in [0.4, 0.5) is 5.69 Å². The van der Waals surface area contributed by atoms with Crippen LogP contribution in [0.1, 0.15) is 18.9 Å². The molecule has 2 nitrogen and oxygen atoms in total. The zero-order chi connectivity index (χ0) is 9.68. The maximum atomic E-state index is 5.83. The molecule has 0 aromatic heterocycles. The first-order chi connectivity index (χ1) is 6.24. The minimum atomic E-state index is 0.845. The Morgan fingerprint density at radius 3 is 2.85 bits per heavy atom. The van der Waals surface area contributed by atoms with E-state index in [0.29, 0.717) is 0 Å². The molecule has 0 fully saturated rings. The lowest BCUT2D eigenvalue weighted by Crippen LogP contribution is -2.14. The zero-order valence-electron chi connectivity index (χ0n) is 7.81. The summed E-state index contributed by atoms with van der Waals surface area (Å²) in [5, 5.41) is 3.32. The van der Waals surface area contributed by atoms with Gasteiger partial charge < -0.3 is 11.1 Å². The van der Waals surface area contributed by atoms with E-state index < -0.39 is 0 Å². The fraction of sp³-hybridized carbons (Fsp3) is 0.400. The van der Waals surface area contributed by atoms with Crippen LogP contribution >= 0.6 is 15.9 Å². The highest BCUT2D eigenvalue weighted by molar-refractivity contribution is 9.10. The normalized spacial score (nSPS) is 10.3. The Bertz CT molecular complexity index is 274. The predicted molar refractivity (Wildman–Crippen MR) is 60.6 cm³/mol. The summed E-state index contributed by atoms with van der Waals surface area (Å²) in [4.78, 5) is 0. The third kappa shape index (κ3) is 3.36. The Morgan fingerprint density at radius 1 is 1.46 bits per heavy atom. The van der Waals surface area contributed by atoms with Crippen LogP contribution in [0.25, 0.3) is 0 Å². The molecule has 3 N–H and O–H groups in total. The van der Waals surface area contributed by atoms with Gasteiger partial charge >= 0.3 is 0 Å². The summed E-state index contributed by atoms with van der Waals surface area (Å²) in [6.45, 7) is 4.04. The fourth-order valence-electron chi connectivity index (χ4n) is 1.13. The number of nitrogen functional groups attached to an aromatic ring is 1. The van der Waals surface area contributed by atoms with Crippen molar-refractivity contribution in [1.29, 1.82) is 0 Å². The standard InChI is InChI=1S/C10H15BrN2/c1-2-5-13-7-8-3-4-9(11)6-10(8)12/h3-4,6,13H,2,5,7,12H2,1H3. The molecule has 0 heterocycles. The number of hydrogen-bond acceptors (Lipinski definition) is 2. The minimum Gasteiger partial charge on any atom is -0.398 e. The largest absolute Gasteiger partial charge is 0.398 e. The minimum absolute atomic E-state index is 0.845. The summed E-state index contributed by atoms with van der Waals surface area (Å²) >= 11 is 3.38.